The van der Waals surface area contributed by atoms with E-state index in [0.29, 0.717) is 12.8 Å². The van der Waals surface area contributed by atoms with E-state index >= 15 is 0 Å². The molecule has 0 fully saturated rings. The van der Waals surface area contributed by atoms with Gasteiger partial charge in [0.1, 0.15) is 12.7 Å². The maximum absolute atomic E-state index is 11.5. The summed E-state index contributed by atoms with van der Waals surface area (Å²) in [5, 5.41) is 9.08. The Morgan fingerprint density at radius 3 is 2.50 bits per heavy atom. The molecule has 0 aliphatic rings. The van der Waals surface area contributed by atoms with Crippen molar-refractivity contribution in [1.29, 1.82) is 0 Å². The maximum Gasteiger partial charge on any atom is 0.333 e. The van der Waals surface area contributed by atoms with Crippen LogP contribution in [0.4, 0.5) is 0 Å². The summed E-state index contributed by atoms with van der Waals surface area (Å²) in [6.07, 6.45) is 0.824. The molecule has 0 aromatic heterocycles. The Morgan fingerprint density at radius 1 is 1.39 bits per heavy atom. The van der Waals surface area contributed by atoms with E-state index in [2.05, 4.69) is 13.2 Å². The minimum Gasteiger partial charge on any atom is -0.459 e. The molecule has 1 N–H and O–H groups in total. The number of hydrogen-bond acceptors (Lipinski definition) is 5. The van der Waals surface area contributed by atoms with Crippen LogP contribution in [0.2, 0.25) is 0 Å². The fraction of sp³-hybridized carbons (Fsp3) is 0.538. The first kappa shape index (κ1) is 16.4. The molecule has 2 atom stereocenters. The lowest BCUT2D eigenvalue weighted by molar-refractivity contribution is -0.152. The molecule has 0 aromatic carbocycles. The van der Waals surface area contributed by atoms with Gasteiger partial charge in [-0.2, -0.15) is 0 Å². The van der Waals surface area contributed by atoms with Gasteiger partial charge in [0.25, 0.3) is 0 Å². The summed E-state index contributed by atoms with van der Waals surface area (Å²) in [5.74, 6) is -1.11. The predicted octanol–water partition coefficient (Wildman–Crippen LogP) is 1.36. The van der Waals surface area contributed by atoms with Gasteiger partial charge in [-0.15, -0.1) is 0 Å². The van der Waals surface area contributed by atoms with Gasteiger partial charge in [-0.05, 0) is 26.7 Å². The second kappa shape index (κ2) is 8.47. The molecule has 0 saturated heterocycles. The smallest absolute Gasteiger partial charge is 0.333 e. The highest BCUT2D eigenvalue weighted by atomic mass is 16.6. The minimum atomic E-state index is -0.564. The van der Waals surface area contributed by atoms with Crippen LogP contribution in [0, 0.1) is 0 Å². The topological polar surface area (TPSA) is 72.8 Å². The van der Waals surface area contributed by atoms with Gasteiger partial charge in [-0.3, -0.25) is 0 Å². The Hall–Kier alpha value is -1.62. The number of hydrogen-bond donors (Lipinski definition) is 1. The van der Waals surface area contributed by atoms with E-state index in [1.807, 2.05) is 0 Å². The van der Waals surface area contributed by atoms with Gasteiger partial charge in [0.2, 0.25) is 0 Å². The molecule has 0 saturated carbocycles. The number of ether oxygens (including phenoxy) is 2. The second-order valence-corrected chi connectivity index (χ2v) is 4.04. The van der Waals surface area contributed by atoms with Crippen molar-refractivity contribution in [1.82, 2.24) is 0 Å². The molecule has 0 aliphatic carbocycles. The summed E-state index contributed by atoms with van der Waals surface area (Å²) in [6, 6.07) is 0. The number of esters is 2. The molecule has 0 radical (unpaired) electrons. The lowest BCUT2D eigenvalue weighted by Crippen LogP contribution is -2.22. The Kier molecular flexibility index (Phi) is 7.71. The summed E-state index contributed by atoms with van der Waals surface area (Å²) >= 11 is 0. The van der Waals surface area contributed by atoms with Crippen LogP contribution in [-0.4, -0.2) is 35.9 Å². The van der Waals surface area contributed by atoms with Gasteiger partial charge in [-0.25, -0.2) is 9.59 Å². The average molecular weight is 256 g/mol. The van der Waals surface area contributed by atoms with E-state index in [1.54, 1.807) is 13.8 Å². The highest BCUT2D eigenvalue weighted by Gasteiger charge is 2.14. The molecular weight excluding hydrogens is 236 g/mol. The SMILES string of the molecule is C=CC(=O)OCC(C)OC(=O)C(=C)CCC(C)O. The minimum absolute atomic E-state index is 0.0275. The lowest BCUT2D eigenvalue weighted by Gasteiger charge is -2.14. The molecule has 0 rings (SSSR count). The van der Waals surface area contributed by atoms with Crippen molar-refractivity contribution in [2.24, 2.45) is 0 Å². The third-order valence-electron chi connectivity index (χ3n) is 2.09. The van der Waals surface area contributed by atoms with Gasteiger partial charge < -0.3 is 14.6 Å². The fourth-order valence-electron chi connectivity index (χ4n) is 1.04. The molecule has 2 unspecified atom stereocenters. The second-order valence-electron chi connectivity index (χ2n) is 4.04. The predicted molar refractivity (Wildman–Crippen MR) is 66.8 cm³/mol. The Bertz CT molecular complexity index is 319. The number of rotatable bonds is 8. The Morgan fingerprint density at radius 2 is 2.00 bits per heavy atom. The molecule has 18 heavy (non-hydrogen) atoms. The number of aliphatic hydroxyl groups excluding tert-OH is 1. The normalized spacial score (nSPS) is 13.3. The highest BCUT2D eigenvalue weighted by molar-refractivity contribution is 5.87. The van der Waals surface area contributed by atoms with Crippen molar-refractivity contribution in [3.05, 3.63) is 24.8 Å². The van der Waals surface area contributed by atoms with Crippen LogP contribution in [0.25, 0.3) is 0 Å². The molecular formula is C13H20O5. The summed E-state index contributed by atoms with van der Waals surface area (Å²) in [7, 11) is 0. The van der Waals surface area contributed by atoms with Crippen LogP contribution < -0.4 is 0 Å². The highest BCUT2D eigenvalue weighted by Crippen LogP contribution is 2.09. The first-order chi connectivity index (χ1) is 8.36. The van der Waals surface area contributed by atoms with Gasteiger partial charge in [0.15, 0.2) is 0 Å². The number of aliphatic hydroxyl groups is 1. The van der Waals surface area contributed by atoms with Gasteiger partial charge in [-0.1, -0.05) is 13.2 Å². The van der Waals surface area contributed by atoms with E-state index < -0.39 is 24.1 Å². The van der Waals surface area contributed by atoms with E-state index in [9.17, 15) is 9.59 Å². The van der Waals surface area contributed by atoms with Crippen molar-refractivity contribution >= 4 is 11.9 Å². The van der Waals surface area contributed by atoms with E-state index in [1.165, 1.54) is 0 Å². The number of carbonyl (C=O) groups is 2. The lowest BCUT2D eigenvalue weighted by atomic mass is 10.1. The molecule has 102 valence electrons. The average Bonchev–Trinajstić information content (AvgIpc) is 2.32. The van der Waals surface area contributed by atoms with Crippen molar-refractivity contribution < 1.29 is 24.2 Å². The largest absolute Gasteiger partial charge is 0.459 e. The molecule has 5 nitrogen and oxygen atoms in total. The first-order valence-electron chi connectivity index (χ1n) is 5.72. The Balaban J connectivity index is 3.95. The molecule has 5 heteroatoms. The van der Waals surface area contributed by atoms with Gasteiger partial charge in [0, 0.05) is 11.6 Å². The van der Waals surface area contributed by atoms with Crippen LogP contribution in [0.15, 0.2) is 24.8 Å². The van der Waals surface area contributed by atoms with Gasteiger partial charge in [0.05, 0.1) is 6.10 Å². The van der Waals surface area contributed by atoms with Crippen molar-refractivity contribution in [2.75, 3.05) is 6.61 Å². The summed E-state index contributed by atoms with van der Waals surface area (Å²) in [5.41, 5.74) is 0.290. The quantitative estimate of drug-likeness (QED) is 0.524. The first-order valence-corrected chi connectivity index (χ1v) is 5.72. The van der Waals surface area contributed by atoms with Crippen LogP contribution in [-0.2, 0) is 19.1 Å². The Labute approximate surface area is 107 Å². The van der Waals surface area contributed by atoms with Crippen LogP contribution in [0.5, 0.6) is 0 Å². The van der Waals surface area contributed by atoms with Crippen molar-refractivity contribution in [2.45, 2.75) is 38.9 Å². The molecule has 0 heterocycles. The third-order valence-corrected chi connectivity index (χ3v) is 2.09. The molecule has 0 bridgehead atoms. The molecule has 0 aromatic rings. The van der Waals surface area contributed by atoms with Crippen LogP contribution in [0.1, 0.15) is 26.7 Å². The monoisotopic (exact) mass is 256 g/mol. The summed E-state index contributed by atoms with van der Waals surface area (Å²) in [4.78, 5) is 22.3. The standard InChI is InChI=1S/C13H20O5/c1-5-12(15)17-8-11(4)18-13(16)9(2)6-7-10(3)14/h5,10-11,14H,1-2,6-8H2,3-4H3. The van der Waals surface area contributed by atoms with Crippen molar-refractivity contribution in [3.8, 4) is 0 Å². The zero-order valence-corrected chi connectivity index (χ0v) is 10.8. The van der Waals surface area contributed by atoms with E-state index in [4.69, 9.17) is 14.6 Å². The third kappa shape index (κ3) is 7.62. The van der Waals surface area contributed by atoms with Crippen molar-refractivity contribution in [3.63, 3.8) is 0 Å². The van der Waals surface area contributed by atoms with Crippen LogP contribution >= 0.6 is 0 Å². The number of carbonyl (C=O) groups excluding carboxylic acids is 2. The molecule has 0 amide bonds. The summed E-state index contributed by atoms with van der Waals surface area (Å²) in [6.45, 7) is 10.0. The summed E-state index contributed by atoms with van der Waals surface area (Å²) < 4.78 is 9.74. The van der Waals surface area contributed by atoms with Gasteiger partial charge >= 0.3 is 11.9 Å². The fourth-order valence-corrected chi connectivity index (χ4v) is 1.04. The maximum atomic E-state index is 11.5. The molecule has 0 spiro atoms. The zero-order chi connectivity index (χ0) is 14.1. The zero-order valence-electron chi connectivity index (χ0n) is 10.8. The van der Waals surface area contributed by atoms with E-state index in [-0.39, 0.29) is 12.2 Å². The molecule has 0 aliphatic heterocycles. The van der Waals surface area contributed by atoms with Crippen LogP contribution in [0.3, 0.4) is 0 Å². The van der Waals surface area contributed by atoms with E-state index in [0.717, 1.165) is 6.08 Å².